The van der Waals surface area contributed by atoms with E-state index >= 15 is 0 Å². The minimum atomic E-state index is -3.11. The fourth-order valence-electron chi connectivity index (χ4n) is 1.49. The maximum Gasteiger partial charge on any atom is 0.215 e. The second-order valence-electron chi connectivity index (χ2n) is 4.04. The Balaban J connectivity index is 2.72. The second kappa shape index (κ2) is 4.16. The normalized spacial score (nSPS) is 18.5. The lowest BCUT2D eigenvalue weighted by atomic mass is 9.95. The Morgan fingerprint density at radius 2 is 1.86 bits per heavy atom. The predicted octanol–water partition coefficient (Wildman–Crippen LogP) is 0.586. The predicted molar refractivity (Wildman–Crippen MR) is 57.4 cm³/mol. The topological polar surface area (TPSA) is 72.2 Å². The van der Waals surface area contributed by atoms with Crippen molar-refractivity contribution in [3.05, 3.63) is 0 Å². The summed E-state index contributed by atoms with van der Waals surface area (Å²) >= 11 is 0. The van der Waals surface area contributed by atoms with E-state index < -0.39 is 15.6 Å². The van der Waals surface area contributed by atoms with Crippen LogP contribution in [0.4, 0.5) is 0 Å². The highest BCUT2D eigenvalue weighted by molar-refractivity contribution is 7.90. The number of sulfonamides is 1. The fraction of sp³-hybridized carbons (Fsp3) is 1.00. The lowest BCUT2D eigenvalue weighted by Crippen LogP contribution is -2.53. The zero-order chi connectivity index (χ0) is 10.8. The largest absolute Gasteiger partial charge is 0.329 e. The summed E-state index contributed by atoms with van der Waals surface area (Å²) in [6.07, 6.45) is 3.07. The summed E-state index contributed by atoms with van der Waals surface area (Å²) in [5.41, 5.74) is 5.20. The molecule has 0 radical (unpaired) electrons. The molecule has 1 fully saturated rings. The average molecular weight is 220 g/mol. The molecule has 1 aliphatic rings. The van der Waals surface area contributed by atoms with Crippen LogP contribution in [0.5, 0.6) is 0 Å². The van der Waals surface area contributed by atoms with Crippen molar-refractivity contribution >= 4 is 10.0 Å². The van der Waals surface area contributed by atoms with Crippen molar-refractivity contribution in [1.82, 2.24) is 4.72 Å². The van der Waals surface area contributed by atoms with Crippen LogP contribution in [0.1, 0.15) is 39.5 Å². The van der Waals surface area contributed by atoms with Crippen molar-refractivity contribution in [2.45, 2.75) is 50.3 Å². The molecular weight excluding hydrogens is 200 g/mol. The average Bonchev–Trinajstić information content (AvgIpc) is 2.97. The third-order valence-corrected chi connectivity index (χ3v) is 5.13. The van der Waals surface area contributed by atoms with Gasteiger partial charge in [0, 0.05) is 12.1 Å². The van der Waals surface area contributed by atoms with E-state index in [-0.39, 0.29) is 5.25 Å². The Morgan fingerprint density at radius 3 is 2.14 bits per heavy atom. The van der Waals surface area contributed by atoms with E-state index in [0.717, 1.165) is 25.7 Å². The van der Waals surface area contributed by atoms with Crippen LogP contribution >= 0.6 is 0 Å². The molecule has 5 heteroatoms. The van der Waals surface area contributed by atoms with Gasteiger partial charge in [0.25, 0.3) is 0 Å². The minimum absolute atomic E-state index is 0.161. The number of nitrogens with two attached hydrogens (primary N) is 1. The van der Waals surface area contributed by atoms with E-state index in [1.807, 2.05) is 13.8 Å². The summed E-state index contributed by atoms with van der Waals surface area (Å²) in [5.74, 6) is 0. The van der Waals surface area contributed by atoms with Crippen molar-refractivity contribution in [3.8, 4) is 0 Å². The quantitative estimate of drug-likeness (QED) is 0.688. The van der Waals surface area contributed by atoms with Crippen LogP contribution in [-0.2, 0) is 10.0 Å². The molecular formula is C9H20N2O2S. The second-order valence-corrected chi connectivity index (χ2v) is 6.00. The first kappa shape index (κ1) is 11.9. The minimum Gasteiger partial charge on any atom is -0.329 e. The van der Waals surface area contributed by atoms with Crippen molar-refractivity contribution in [2.75, 3.05) is 6.54 Å². The van der Waals surface area contributed by atoms with Crippen LogP contribution < -0.4 is 10.5 Å². The first-order valence-corrected chi connectivity index (χ1v) is 6.77. The molecule has 0 spiro atoms. The third kappa shape index (κ3) is 2.46. The highest BCUT2D eigenvalue weighted by Gasteiger charge is 2.40. The lowest BCUT2D eigenvalue weighted by molar-refractivity contribution is 0.363. The van der Waals surface area contributed by atoms with Gasteiger partial charge in [-0.2, -0.15) is 0 Å². The molecule has 1 rings (SSSR count). The standard InChI is InChI=1S/C9H20N2O2S/c1-3-9(4-2,7-10)11-14(12,13)8-5-6-8/h8,11H,3-7,10H2,1-2H3. The van der Waals surface area contributed by atoms with Crippen molar-refractivity contribution < 1.29 is 8.42 Å². The van der Waals surface area contributed by atoms with Gasteiger partial charge in [-0.05, 0) is 25.7 Å². The summed E-state index contributed by atoms with van der Waals surface area (Å²) in [6, 6.07) is 0. The molecule has 0 aromatic rings. The van der Waals surface area contributed by atoms with Crippen LogP contribution in [0.15, 0.2) is 0 Å². The molecule has 3 N–H and O–H groups in total. The maximum absolute atomic E-state index is 11.7. The van der Waals surface area contributed by atoms with E-state index in [1.165, 1.54) is 0 Å². The van der Waals surface area contributed by atoms with E-state index in [2.05, 4.69) is 4.72 Å². The number of nitrogens with one attached hydrogen (secondary N) is 1. The Labute approximate surface area is 86.3 Å². The zero-order valence-corrected chi connectivity index (χ0v) is 9.73. The molecule has 0 amide bonds. The SMILES string of the molecule is CCC(CC)(CN)NS(=O)(=O)C1CC1. The van der Waals surface area contributed by atoms with Crippen LogP contribution in [0.25, 0.3) is 0 Å². The van der Waals surface area contributed by atoms with Crippen molar-refractivity contribution in [2.24, 2.45) is 5.73 Å². The van der Waals surface area contributed by atoms with Gasteiger partial charge < -0.3 is 5.73 Å². The Kier molecular flexibility index (Phi) is 3.55. The lowest BCUT2D eigenvalue weighted by Gasteiger charge is -2.30. The van der Waals surface area contributed by atoms with Gasteiger partial charge in [0.2, 0.25) is 10.0 Å². The summed E-state index contributed by atoms with van der Waals surface area (Å²) in [4.78, 5) is 0. The Bertz CT molecular complexity index is 271. The van der Waals surface area contributed by atoms with Gasteiger partial charge in [0.1, 0.15) is 0 Å². The molecule has 1 saturated carbocycles. The van der Waals surface area contributed by atoms with E-state index in [9.17, 15) is 8.42 Å². The molecule has 0 atom stereocenters. The molecule has 4 nitrogen and oxygen atoms in total. The van der Waals surface area contributed by atoms with Gasteiger partial charge in [0.05, 0.1) is 5.25 Å². The number of hydrogen-bond acceptors (Lipinski definition) is 3. The van der Waals surface area contributed by atoms with Gasteiger partial charge in [-0.1, -0.05) is 13.8 Å². The summed E-state index contributed by atoms with van der Waals surface area (Å²) < 4.78 is 26.2. The van der Waals surface area contributed by atoms with E-state index in [4.69, 9.17) is 5.73 Å². The van der Waals surface area contributed by atoms with E-state index in [1.54, 1.807) is 0 Å². The zero-order valence-electron chi connectivity index (χ0n) is 8.91. The van der Waals surface area contributed by atoms with Crippen molar-refractivity contribution in [1.29, 1.82) is 0 Å². The molecule has 0 aromatic heterocycles. The van der Waals surface area contributed by atoms with Gasteiger partial charge in [-0.15, -0.1) is 0 Å². The van der Waals surface area contributed by atoms with Gasteiger partial charge in [-0.25, -0.2) is 13.1 Å². The molecule has 1 aliphatic carbocycles. The highest BCUT2D eigenvalue weighted by atomic mass is 32.2. The first-order chi connectivity index (χ1) is 6.49. The highest BCUT2D eigenvalue weighted by Crippen LogP contribution is 2.29. The summed E-state index contributed by atoms with van der Waals surface area (Å²) in [6.45, 7) is 4.30. The monoisotopic (exact) mass is 220 g/mol. The maximum atomic E-state index is 11.7. The molecule has 14 heavy (non-hydrogen) atoms. The van der Waals surface area contributed by atoms with Crippen LogP contribution in [-0.4, -0.2) is 25.8 Å². The van der Waals surface area contributed by atoms with Crippen LogP contribution in [0.3, 0.4) is 0 Å². The smallest absolute Gasteiger partial charge is 0.215 e. The molecule has 0 aromatic carbocycles. The molecule has 0 bridgehead atoms. The van der Waals surface area contributed by atoms with Crippen LogP contribution in [0, 0.1) is 0 Å². The number of hydrogen-bond donors (Lipinski definition) is 2. The molecule has 0 saturated heterocycles. The fourth-order valence-corrected chi connectivity index (χ4v) is 3.39. The van der Waals surface area contributed by atoms with Crippen LogP contribution in [0.2, 0.25) is 0 Å². The van der Waals surface area contributed by atoms with E-state index in [0.29, 0.717) is 6.54 Å². The van der Waals surface area contributed by atoms with Gasteiger partial charge in [-0.3, -0.25) is 0 Å². The number of rotatable bonds is 6. The Hall–Kier alpha value is -0.130. The summed E-state index contributed by atoms with van der Waals surface area (Å²) in [5, 5.41) is -0.161. The van der Waals surface area contributed by atoms with Gasteiger partial charge >= 0.3 is 0 Å². The summed E-state index contributed by atoms with van der Waals surface area (Å²) in [7, 11) is -3.11. The molecule has 0 aliphatic heterocycles. The molecule has 0 heterocycles. The first-order valence-electron chi connectivity index (χ1n) is 5.22. The third-order valence-electron chi connectivity index (χ3n) is 3.07. The molecule has 84 valence electrons. The van der Waals surface area contributed by atoms with Gasteiger partial charge in [0.15, 0.2) is 0 Å². The Morgan fingerprint density at radius 1 is 1.36 bits per heavy atom. The van der Waals surface area contributed by atoms with Crippen molar-refractivity contribution in [3.63, 3.8) is 0 Å². The molecule has 0 unspecified atom stereocenters.